The van der Waals surface area contributed by atoms with Crippen molar-refractivity contribution in [2.45, 2.75) is 31.7 Å². The van der Waals surface area contributed by atoms with Crippen molar-refractivity contribution >= 4 is 17.6 Å². The third kappa shape index (κ3) is 2.65. The topological polar surface area (TPSA) is 60.9 Å². The quantitative estimate of drug-likeness (QED) is 0.929. The molecule has 1 atom stereocenters. The number of benzene rings is 1. The molecule has 0 aromatic heterocycles. The van der Waals surface area contributed by atoms with Crippen LogP contribution in [0, 0.1) is 5.82 Å². The van der Waals surface area contributed by atoms with Crippen LogP contribution in [0.3, 0.4) is 0 Å². The van der Waals surface area contributed by atoms with Gasteiger partial charge in [-0.2, -0.15) is 0 Å². The number of carboxylic acid groups (broad SMARTS) is 1. The maximum Gasteiger partial charge on any atom is 0.326 e. The molecule has 2 saturated heterocycles. The van der Waals surface area contributed by atoms with Crippen LogP contribution in [0.1, 0.15) is 36.0 Å². The highest BCUT2D eigenvalue weighted by Crippen LogP contribution is 2.26. The Labute approximate surface area is 128 Å². The fourth-order valence-electron chi connectivity index (χ4n) is 3.29. The average Bonchev–Trinajstić information content (AvgIpc) is 3.17. The minimum absolute atomic E-state index is 0.216. The summed E-state index contributed by atoms with van der Waals surface area (Å²) in [7, 11) is 0. The van der Waals surface area contributed by atoms with Gasteiger partial charge in [-0.3, -0.25) is 4.79 Å². The molecule has 2 heterocycles. The molecule has 1 amide bonds. The van der Waals surface area contributed by atoms with E-state index in [-0.39, 0.29) is 5.56 Å². The summed E-state index contributed by atoms with van der Waals surface area (Å²) in [5, 5.41) is 9.15. The van der Waals surface area contributed by atoms with Crippen molar-refractivity contribution < 1.29 is 19.1 Å². The van der Waals surface area contributed by atoms with E-state index in [0.717, 1.165) is 25.9 Å². The van der Waals surface area contributed by atoms with Gasteiger partial charge in [0.25, 0.3) is 5.91 Å². The van der Waals surface area contributed by atoms with Gasteiger partial charge < -0.3 is 14.9 Å². The molecule has 2 fully saturated rings. The molecule has 0 unspecified atom stereocenters. The van der Waals surface area contributed by atoms with Crippen LogP contribution in [0.2, 0.25) is 0 Å². The third-order valence-electron chi connectivity index (χ3n) is 4.44. The molecule has 0 bridgehead atoms. The van der Waals surface area contributed by atoms with E-state index in [1.54, 1.807) is 12.1 Å². The number of hydrogen-bond acceptors (Lipinski definition) is 3. The predicted octanol–water partition coefficient (Wildman–Crippen LogP) is 2.12. The van der Waals surface area contributed by atoms with Crippen molar-refractivity contribution in [2.75, 3.05) is 24.5 Å². The molecule has 3 rings (SSSR count). The number of halogens is 1. The average molecular weight is 306 g/mol. The van der Waals surface area contributed by atoms with E-state index in [0.29, 0.717) is 25.1 Å². The Kier molecular flexibility index (Phi) is 4.00. The second-order valence-corrected chi connectivity index (χ2v) is 5.86. The van der Waals surface area contributed by atoms with Crippen LogP contribution in [-0.2, 0) is 4.79 Å². The molecule has 1 N–H and O–H groups in total. The Hall–Kier alpha value is -2.11. The lowest BCUT2D eigenvalue weighted by molar-refractivity contribution is -0.141. The normalized spacial score (nSPS) is 21.4. The maximum atomic E-state index is 14.3. The fraction of sp³-hybridized carbons (Fsp3) is 0.500. The molecule has 0 spiro atoms. The lowest BCUT2D eigenvalue weighted by Crippen LogP contribution is -2.40. The Morgan fingerprint density at radius 1 is 1.14 bits per heavy atom. The van der Waals surface area contributed by atoms with Crippen LogP contribution >= 0.6 is 0 Å². The van der Waals surface area contributed by atoms with Gasteiger partial charge in [-0.1, -0.05) is 0 Å². The molecular weight excluding hydrogens is 287 g/mol. The summed E-state index contributed by atoms with van der Waals surface area (Å²) in [5.41, 5.74) is 0.735. The predicted molar refractivity (Wildman–Crippen MR) is 79.5 cm³/mol. The van der Waals surface area contributed by atoms with E-state index in [1.807, 2.05) is 4.90 Å². The monoisotopic (exact) mass is 306 g/mol. The molecule has 1 aromatic rings. The molecule has 118 valence electrons. The number of carboxylic acids is 1. The lowest BCUT2D eigenvalue weighted by atomic mass is 10.1. The first-order chi connectivity index (χ1) is 10.6. The zero-order valence-electron chi connectivity index (χ0n) is 12.3. The number of aliphatic carboxylic acids is 1. The van der Waals surface area contributed by atoms with Gasteiger partial charge in [-0.05, 0) is 43.9 Å². The number of rotatable bonds is 3. The Morgan fingerprint density at radius 3 is 2.50 bits per heavy atom. The van der Waals surface area contributed by atoms with Crippen molar-refractivity contribution in [1.82, 2.24) is 4.90 Å². The van der Waals surface area contributed by atoms with Crippen molar-refractivity contribution in [3.8, 4) is 0 Å². The SMILES string of the molecule is O=C(O)[C@H]1CCCN1C(=O)c1ccc(N2CCCC2)c(F)c1. The zero-order valence-corrected chi connectivity index (χ0v) is 12.3. The summed E-state index contributed by atoms with van der Waals surface area (Å²) in [4.78, 5) is 26.9. The summed E-state index contributed by atoms with van der Waals surface area (Å²) in [6.45, 7) is 2.07. The molecule has 1 aromatic carbocycles. The Balaban J connectivity index is 1.81. The highest BCUT2D eigenvalue weighted by molar-refractivity contribution is 5.97. The molecule has 2 aliphatic heterocycles. The van der Waals surface area contributed by atoms with Crippen LogP contribution in [0.5, 0.6) is 0 Å². The number of anilines is 1. The van der Waals surface area contributed by atoms with Gasteiger partial charge in [0.1, 0.15) is 11.9 Å². The van der Waals surface area contributed by atoms with Crippen LogP contribution in [0.25, 0.3) is 0 Å². The van der Waals surface area contributed by atoms with Crippen molar-refractivity contribution in [1.29, 1.82) is 0 Å². The third-order valence-corrected chi connectivity index (χ3v) is 4.44. The minimum atomic E-state index is -1.000. The summed E-state index contributed by atoms with van der Waals surface area (Å²) in [6, 6.07) is 3.65. The Bertz CT molecular complexity index is 599. The number of hydrogen-bond donors (Lipinski definition) is 1. The summed E-state index contributed by atoms with van der Waals surface area (Å²) >= 11 is 0. The zero-order chi connectivity index (χ0) is 15.7. The highest BCUT2D eigenvalue weighted by atomic mass is 19.1. The van der Waals surface area contributed by atoms with Gasteiger partial charge in [0.05, 0.1) is 5.69 Å². The van der Waals surface area contributed by atoms with Gasteiger partial charge in [0.15, 0.2) is 0 Å². The lowest BCUT2D eigenvalue weighted by Gasteiger charge is -2.22. The van der Waals surface area contributed by atoms with Gasteiger partial charge in [0.2, 0.25) is 0 Å². The molecular formula is C16H19FN2O3. The van der Waals surface area contributed by atoms with Gasteiger partial charge in [0, 0.05) is 25.2 Å². The number of nitrogens with zero attached hydrogens (tertiary/aromatic N) is 2. The first kappa shape index (κ1) is 14.8. The minimum Gasteiger partial charge on any atom is -0.480 e. The molecule has 0 saturated carbocycles. The molecule has 6 heteroatoms. The standard InChI is InChI=1S/C16H19FN2O3/c17-12-10-11(5-6-13(12)18-7-1-2-8-18)15(20)19-9-3-4-14(19)16(21)22/h5-6,10,14H,1-4,7-9H2,(H,21,22)/t14-/m1/s1. The van der Waals surface area contributed by atoms with Crippen LogP contribution in [0.15, 0.2) is 18.2 Å². The smallest absolute Gasteiger partial charge is 0.326 e. The molecule has 0 radical (unpaired) electrons. The second kappa shape index (κ2) is 5.94. The Morgan fingerprint density at radius 2 is 1.86 bits per heavy atom. The number of likely N-dealkylation sites (tertiary alicyclic amines) is 1. The van der Waals surface area contributed by atoms with Gasteiger partial charge in [-0.25, -0.2) is 9.18 Å². The van der Waals surface area contributed by atoms with E-state index < -0.39 is 23.7 Å². The summed E-state index contributed by atoms with van der Waals surface area (Å²) in [5.74, 6) is -1.82. The van der Waals surface area contributed by atoms with Crippen LogP contribution in [-0.4, -0.2) is 47.6 Å². The summed E-state index contributed by atoms with van der Waals surface area (Å²) in [6.07, 6.45) is 3.22. The first-order valence-electron chi connectivity index (χ1n) is 7.66. The van der Waals surface area contributed by atoms with Gasteiger partial charge in [-0.15, -0.1) is 0 Å². The maximum absolute atomic E-state index is 14.3. The van der Waals surface area contributed by atoms with E-state index in [9.17, 15) is 14.0 Å². The van der Waals surface area contributed by atoms with Crippen molar-refractivity contribution in [2.24, 2.45) is 0 Å². The molecule has 22 heavy (non-hydrogen) atoms. The largest absolute Gasteiger partial charge is 0.480 e. The van der Waals surface area contributed by atoms with Crippen molar-refractivity contribution in [3.63, 3.8) is 0 Å². The van der Waals surface area contributed by atoms with E-state index >= 15 is 0 Å². The fourth-order valence-corrected chi connectivity index (χ4v) is 3.29. The number of carbonyl (C=O) groups is 2. The second-order valence-electron chi connectivity index (χ2n) is 5.86. The van der Waals surface area contributed by atoms with E-state index in [1.165, 1.54) is 11.0 Å². The van der Waals surface area contributed by atoms with Gasteiger partial charge >= 0.3 is 5.97 Å². The van der Waals surface area contributed by atoms with Crippen LogP contribution in [0.4, 0.5) is 10.1 Å². The van der Waals surface area contributed by atoms with E-state index in [2.05, 4.69) is 0 Å². The number of carbonyl (C=O) groups excluding carboxylic acids is 1. The van der Waals surface area contributed by atoms with Crippen LogP contribution < -0.4 is 4.90 Å². The molecule has 2 aliphatic rings. The van der Waals surface area contributed by atoms with E-state index in [4.69, 9.17) is 5.11 Å². The van der Waals surface area contributed by atoms with Crippen molar-refractivity contribution in [3.05, 3.63) is 29.6 Å². The summed E-state index contributed by atoms with van der Waals surface area (Å²) < 4.78 is 14.3. The first-order valence-corrected chi connectivity index (χ1v) is 7.66. The molecule has 0 aliphatic carbocycles. The molecule has 5 nitrogen and oxygen atoms in total. The number of amides is 1. The highest BCUT2D eigenvalue weighted by Gasteiger charge is 2.34.